The molecule has 1 aromatic carbocycles. The second kappa shape index (κ2) is 6.12. The topological polar surface area (TPSA) is 21.3 Å². The van der Waals surface area contributed by atoms with E-state index in [4.69, 9.17) is 4.74 Å². The van der Waals surface area contributed by atoms with Gasteiger partial charge in [0, 0.05) is 23.2 Å². The van der Waals surface area contributed by atoms with Gasteiger partial charge in [0.1, 0.15) is 5.75 Å². The quantitative estimate of drug-likeness (QED) is 0.592. The summed E-state index contributed by atoms with van der Waals surface area (Å²) >= 11 is 1.82. The number of benzene rings is 1. The average Bonchev–Trinajstić information content (AvgIpc) is 3.18. The monoisotopic (exact) mass is 249 g/mol. The third-order valence-corrected chi connectivity index (χ3v) is 3.88. The molecule has 1 N–H and O–H groups in total. The molecule has 1 aliphatic carbocycles. The molecule has 2 nitrogen and oxygen atoms in total. The van der Waals surface area contributed by atoms with Crippen molar-refractivity contribution in [2.45, 2.75) is 23.8 Å². The Balaban J connectivity index is 1.70. The molecule has 1 fully saturated rings. The van der Waals surface area contributed by atoms with Gasteiger partial charge in [-0.2, -0.15) is 0 Å². The molecule has 0 radical (unpaired) electrons. The molecular formula is C14H19NOS. The summed E-state index contributed by atoms with van der Waals surface area (Å²) in [5.41, 5.74) is 1.26. The number of methoxy groups -OCH3 is 1. The van der Waals surface area contributed by atoms with Crippen LogP contribution in [0.15, 0.2) is 41.3 Å². The molecule has 0 unspecified atom stereocenters. The summed E-state index contributed by atoms with van der Waals surface area (Å²) < 4.78 is 5.13. The van der Waals surface area contributed by atoms with Gasteiger partial charge >= 0.3 is 0 Å². The smallest absolute Gasteiger partial charge is 0.118 e. The van der Waals surface area contributed by atoms with Gasteiger partial charge in [-0.3, -0.25) is 0 Å². The maximum Gasteiger partial charge on any atom is 0.118 e. The van der Waals surface area contributed by atoms with Crippen LogP contribution >= 0.6 is 11.8 Å². The van der Waals surface area contributed by atoms with Crippen LogP contribution in [0.25, 0.3) is 0 Å². The van der Waals surface area contributed by atoms with Crippen molar-refractivity contribution < 1.29 is 4.74 Å². The van der Waals surface area contributed by atoms with Crippen LogP contribution in [-0.2, 0) is 0 Å². The molecule has 0 heterocycles. The summed E-state index contributed by atoms with van der Waals surface area (Å²) in [5, 5.41) is 3.48. The second-order valence-corrected chi connectivity index (χ2v) is 5.42. The molecule has 0 atom stereocenters. The van der Waals surface area contributed by atoms with Crippen LogP contribution in [0.1, 0.15) is 12.8 Å². The van der Waals surface area contributed by atoms with Crippen molar-refractivity contribution in [3.8, 4) is 5.75 Å². The highest BCUT2D eigenvalue weighted by Gasteiger charge is 2.19. The summed E-state index contributed by atoms with van der Waals surface area (Å²) in [4.78, 5) is 1.26. The first kappa shape index (κ1) is 12.5. The third-order valence-electron chi connectivity index (χ3n) is 2.72. The maximum absolute atomic E-state index is 5.13. The molecule has 0 aliphatic heterocycles. The highest BCUT2D eigenvalue weighted by Crippen LogP contribution is 2.23. The van der Waals surface area contributed by atoms with Gasteiger partial charge in [0.2, 0.25) is 0 Å². The first-order valence-corrected chi connectivity index (χ1v) is 6.93. The fraction of sp³-hybridized carbons (Fsp3) is 0.429. The lowest BCUT2D eigenvalue weighted by molar-refractivity contribution is 0.414. The minimum Gasteiger partial charge on any atom is -0.497 e. The van der Waals surface area contributed by atoms with Crippen molar-refractivity contribution in [2.24, 2.45) is 0 Å². The van der Waals surface area contributed by atoms with Crippen LogP contribution in [0, 0.1) is 0 Å². The van der Waals surface area contributed by atoms with Gasteiger partial charge in [0.05, 0.1) is 7.11 Å². The van der Waals surface area contributed by atoms with Gasteiger partial charge in [0.15, 0.2) is 0 Å². The molecule has 1 aromatic rings. The Kier molecular flexibility index (Phi) is 4.51. The Morgan fingerprint density at radius 3 is 2.71 bits per heavy atom. The van der Waals surface area contributed by atoms with E-state index in [1.165, 1.54) is 23.3 Å². The minimum absolute atomic E-state index is 0.762. The zero-order chi connectivity index (χ0) is 12.1. The molecule has 0 amide bonds. The van der Waals surface area contributed by atoms with Crippen LogP contribution in [0.5, 0.6) is 5.75 Å². The summed E-state index contributed by atoms with van der Waals surface area (Å²) in [7, 11) is 1.69. The molecule has 0 saturated heterocycles. The van der Waals surface area contributed by atoms with E-state index in [9.17, 15) is 0 Å². The number of hydrogen-bond acceptors (Lipinski definition) is 3. The van der Waals surface area contributed by atoms with Gasteiger partial charge in [-0.1, -0.05) is 12.2 Å². The van der Waals surface area contributed by atoms with Crippen molar-refractivity contribution in [3.63, 3.8) is 0 Å². The Bertz CT molecular complexity index is 370. The van der Waals surface area contributed by atoms with Crippen molar-refractivity contribution in [1.82, 2.24) is 5.32 Å². The van der Waals surface area contributed by atoms with Gasteiger partial charge in [-0.05, 0) is 37.1 Å². The van der Waals surface area contributed by atoms with Crippen molar-refractivity contribution >= 4 is 11.8 Å². The lowest BCUT2D eigenvalue weighted by Gasteiger charge is -2.07. The fourth-order valence-electron chi connectivity index (χ4n) is 1.48. The summed E-state index contributed by atoms with van der Waals surface area (Å²) in [6, 6.07) is 8.93. The predicted molar refractivity (Wildman–Crippen MR) is 73.9 cm³/mol. The van der Waals surface area contributed by atoms with Gasteiger partial charge < -0.3 is 10.1 Å². The van der Waals surface area contributed by atoms with Crippen LogP contribution in [0.4, 0.5) is 0 Å². The van der Waals surface area contributed by atoms with Crippen LogP contribution < -0.4 is 10.1 Å². The molecule has 0 aromatic heterocycles. The Morgan fingerprint density at radius 1 is 1.41 bits per heavy atom. The van der Waals surface area contributed by atoms with E-state index < -0.39 is 0 Å². The van der Waals surface area contributed by atoms with Crippen molar-refractivity contribution in [2.75, 3.05) is 19.4 Å². The van der Waals surface area contributed by atoms with Gasteiger partial charge in [-0.15, -0.1) is 11.8 Å². The molecule has 3 heteroatoms. The number of rotatable bonds is 7. The van der Waals surface area contributed by atoms with Crippen molar-refractivity contribution in [3.05, 3.63) is 36.4 Å². The lowest BCUT2D eigenvalue weighted by Crippen LogP contribution is -2.19. The first-order chi connectivity index (χ1) is 8.28. The summed E-state index contributed by atoms with van der Waals surface area (Å²) in [6.07, 6.45) is 2.66. The van der Waals surface area contributed by atoms with Crippen LogP contribution in [0.3, 0.4) is 0 Å². The van der Waals surface area contributed by atoms with E-state index in [-0.39, 0.29) is 0 Å². The van der Waals surface area contributed by atoms with Crippen LogP contribution in [0.2, 0.25) is 0 Å². The summed E-state index contributed by atoms with van der Waals surface area (Å²) in [5.74, 6) is 1.88. The largest absolute Gasteiger partial charge is 0.497 e. The zero-order valence-electron chi connectivity index (χ0n) is 10.2. The molecule has 0 spiro atoms. The second-order valence-electron chi connectivity index (χ2n) is 4.37. The Hall–Kier alpha value is -0.930. The molecule has 1 aliphatic rings. The Morgan fingerprint density at radius 2 is 2.12 bits per heavy atom. The maximum atomic E-state index is 5.13. The van der Waals surface area contributed by atoms with E-state index in [0.717, 1.165) is 24.1 Å². The average molecular weight is 249 g/mol. The van der Waals surface area contributed by atoms with E-state index in [0.29, 0.717) is 0 Å². The zero-order valence-corrected chi connectivity index (χ0v) is 11.1. The highest BCUT2D eigenvalue weighted by atomic mass is 32.2. The normalized spacial score (nSPS) is 14.6. The number of hydrogen-bond donors (Lipinski definition) is 1. The molecule has 0 bridgehead atoms. The van der Waals surface area contributed by atoms with E-state index in [1.54, 1.807) is 7.11 Å². The lowest BCUT2D eigenvalue weighted by atomic mass is 10.3. The molecule has 17 heavy (non-hydrogen) atoms. The first-order valence-electron chi connectivity index (χ1n) is 5.95. The van der Waals surface area contributed by atoms with E-state index in [2.05, 4.69) is 24.0 Å². The molecular weight excluding hydrogens is 230 g/mol. The predicted octanol–water partition coefficient (Wildman–Crippen LogP) is 3.10. The summed E-state index contributed by atoms with van der Waals surface area (Å²) in [6.45, 7) is 5.05. The molecule has 2 rings (SSSR count). The molecule has 92 valence electrons. The van der Waals surface area contributed by atoms with Gasteiger partial charge in [0.25, 0.3) is 0 Å². The Labute approximate surface area is 107 Å². The third kappa shape index (κ3) is 4.44. The highest BCUT2D eigenvalue weighted by molar-refractivity contribution is 7.99. The van der Waals surface area contributed by atoms with E-state index >= 15 is 0 Å². The van der Waals surface area contributed by atoms with Crippen LogP contribution in [-0.4, -0.2) is 25.4 Å². The minimum atomic E-state index is 0.762. The van der Waals surface area contributed by atoms with Crippen molar-refractivity contribution in [1.29, 1.82) is 0 Å². The molecule has 1 saturated carbocycles. The van der Waals surface area contributed by atoms with Gasteiger partial charge in [-0.25, -0.2) is 0 Å². The number of nitrogens with one attached hydrogen (secondary N) is 1. The number of ether oxygens (including phenoxy) is 1. The van der Waals surface area contributed by atoms with E-state index in [1.807, 2.05) is 23.9 Å². The number of thioether (sulfide) groups is 1. The fourth-order valence-corrected chi connectivity index (χ4v) is 2.29. The standard InChI is InChI=1S/C14H19NOS/c1-11(9-15-12-3-4-12)10-17-14-7-5-13(16-2)6-8-14/h5-8,12,15H,1,3-4,9-10H2,2H3. The SMILES string of the molecule is C=C(CNC1CC1)CSc1ccc(OC)cc1.